The van der Waals surface area contributed by atoms with Gasteiger partial charge in [0.05, 0.1) is 11.6 Å². The molecule has 2 atom stereocenters. The molecule has 5 rings (SSSR count). The zero-order chi connectivity index (χ0) is 25.8. The van der Waals surface area contributed by atoms with Crippen LogP contribution in [-0.2, 0) is 27.4 Å². The molecule has 1 aliphatic rings. The number of para-hydroxylation sites is 1. The van der Waals surface area contributed by atoms with E-state index in [1.165, 1.54) is 21.7 Å². The minimum absolute atomic E-state index is 0.0590. The summed E-state index contributed by atoms with van der Waals surface area (Å²) in [5.41, 5.74) is 2.03. The van der Waals surface area contributed by atoms with Gasteiger partial charge in [-0.05, 0) is 61.7 Å². The Kier molecular flexibility index (Phi) is 7.27. The van der Waals surface area contributed by atoms with E-state index in [0.29, 0.717) is 41.3 Å². The van der Waals surface area contributed by atoms with E-state index in [9.17, 15) is 14.0 Å². The molecule has 0 radical (unpaired) electrons. The number of halogens is 1. The summed E-state index contributed by atoms with van der Waals surface area (Å²) in [7, 11) is 0. The van der Waals surface area contributed by atoms with Gasteiger partial charge in [0.25, 0.3) is 5.91 Å². The van der Waals surface area contributed by atoms with Crippen LogP contribution in [0.5, 0.6) is 0 Å². The highest BCUT2D eigenvalue weighted by Gasteiger charge is 2.35. The van der Waals surface area contributed by atoms with Crippen molar-refractivity contribution in [1.82, 2.24) is 25.2 Å². The van der Waals surface area contributed by atoms with E-state index in [-0.39, 0.29) is 36.8 Å². The molecule has 1 aliphatic heterocycles. The van der Waals surface area contributed by atoms with Gasteiger partial charge in [0.2, 0.25) is 5.91 Å². The molecule has 2 amide bonds. The number of benzene rings is 2. The van der Waals surface area contributed by atoms with Crippen LogP contribution in [0, 0.1) is 12.7 Å². The monoisotopic (exact) mass is 505 g/mol. The summed E-state index contributed by atoms with van der Waals surface area (Å²) in [4.78, 5) is 28.9. The van der Waals surface area contributed by atoms with Crippen LogP contribution in [0.15, 0.2) is 65.1 Å². The maximum absolute atomic E-state index is 13.8. The first-order valence-corrected chi connectivity index (χ1v) is 12.3. The molecule has 1 N–H and O–H groups in total. The van der Waals surface area contributed by atoms with Crippen molar-refractivity contribution in [3.63, 3.8) is 0 Å². The van der Waals surface area contributed by atoms with Crippen LogP contribution in [0.1, 0.15) is 36.0 Å². The molecule has 0 spiro atoms. The molecule has 0 unspecified atom stereocenters. The average Bonchev–Trinajstić information content (AvgIpc) is 3.66. The maximum Gasteiger partial charge on any atom is 0.250 e. The van der Waals surface area contributed by atoms with Crippen molar-refractivity contribution < 1.29 is 23.1 Å². The van der Waals surface area contributed by atoms with Crippen LogP contribution >= 0.6 is 0 Å². The highest BCUT2D eigenvalue weighted by Crippen LogP contribution is 2.27. The molecule has 0 saturated carbocycles. The van der Waals surface area contributed by atoms with Gasteiger partial charge in [-0.2, -0.15) is 0 Å². The zero-order valence-corrected chi connectivity index (χ0v) is 20.5. The van der Waals surface area contributed by atoms with E-state index in [0.717, 1.165) is 12.8 Å². The topological polar surface area (TPSA) is 102 Å². The fourth-order valence-corrected chi connectivity index (χ4v) is 4.50. The number of aromatic nitrogens is 3. The average molecular weight is 506 g/mol. The van der Waals surface area contributed by atoms with Crippen LogP contribution in [-0.4, -0.2) is 51.0 Å². The SMILES string of the molecule is Cc1ccc([C@H](C(=O)NC[C@@H]2CCCO2)N(Cc2ccc(F)cc2)C(=O)Cn2nnc3ccccc32)o1. The molecule has 2 aromatic heterocycles. The summed E-state index contributed by atoms with van der Waals surface area (Å²) in [5.74, 6) is -0.192. The third-order valence-electron chi connectivity index (χ3n) is 6.41. The second-order valence-corrected chi connectivity index (χ2v) is 9.12. The van der Waals surface area contributed by atoms with Gasteiger partial charge in [0.1, 0.15) is 29.4 Å². The lowest BCUT2D eigenvalue weighted by atomic mass is 10.1. The molecule has 0 aliphatic carbocycles. The normalized spacial score (nSPS) is 16.1. The molecule has 37 heavy (non-hydrogen) atoms. The second-order valence-electron chi connectivity index (χ2n) is 9.12. The van der Waals surface area contributed by atoms with Gasteiger partial charge in [0.15, 0.2) is 6.04 Å². The van der Waals surface area contributed by atoms with Crippen molar-refractivity contribution in [2.45, 2.75) is 45.0 Å². The number of hydrogen-bond donors (Lipinski definition) is 1. The summed E-state index contributed by atoms with van der Waals surface area (Å²) in [5, 5.41) is 11.2. The quantitative estimate of drug-likeness (QED) is 0.373. The number of nitrogens with zero attached hydrogens (tertiary/aromatic N) is 4. The number of nitrogens with one attached hydrogen (secondary N) is 1. The van der Waals surface area contributed by atoms with Crippen LogP contribution in [0.2, 0.25) is 0 Å². The summed E-state index contributed by atoms with van der Waals surface area (Å²) >= 11 is 0. The Labute approximate surface area is 213 Å². The van der Waals surface area contributed by atoms with E-state index < -0.39 is 6.04 Å². The van der Waals surface area contributed by atoms with Gasteiger partial charge >= 0.3 is 0 Å². The van der Waals surface area contributed by atoms with Crippen LogP contribution in [0.4, 0.5) is 4.39 Å². The number of carbonyl (C=O) groups excluding carboxylic acids is 2. The molecule has 10 heteroatoms. The number of hydrogen-bond acceptors (Lipinski definition) is 6. The molecule has 4 aromatic rings. The van der Waals surface area contributed by atoms with Crippen molar-refractivity contribution >= 4 is 22.8 Å². The number of carbonyl (C=O) groups is 2. The van der Waals surface area contributed by atoms with Crippen molar-refractivity contribution in [1.29, 1.82) is 0 Å². The minimum atomic E-state index is -1.05. The number of furan rings is 1. The Hall–Kier alpha value is -4.05. The van der Waals surface area contributed by atoms with Crippen LogP contribution < -0.4 is 5.32 Å². The van der Waals surface area contributed by atoms with Gasteiger partial charge in [-0.1, -0.05) is 29.5 Å². The fraction of sp³-hybridized carbons (Fsp3) is 0.333. The lowest BCUT2D eigenvalue weighted by Gasteiger charge is -2.30. The fourth-order valence-electron chi connectivity index (χ4n) is 4.50. The Morgan fingerprint density at radius 1 is 1.16 bits per heavy atom. The summed E-state index contributed by atoms with van der Waals surface area (Å²) in [6.07, 6.45) is 1.75. The van der Waals surface area contributed by atoms with Gasteiger partial charge in [-0.3, -0.25) is 9.59 Å². The van der Waals surface area contributed by atoms with Gasteiger partial charge < -0.3 is 19.4 Å². The summed E-state index contributed by atoms with van der Waals surface area (Å²) < 4.78 is 26.6. The summed E-state index contributed by atoms with van der Waals surface area (Å²) in [6.45, 7) is 2.70. The lowest BCUT2D eigenvalue weighted by Crippen LogP contribution is -2.46. The predicted molar refractivity (Wildman–Crippen MR) is 133 cm³/mol. The third kappa shape index (κ3) is 5.69. The molecular weight excluding hydrogens is 477 g/mol. The van der Waals surface area contributed by atoms with Gasteiger partial charge in [-0.25, -0.2) is 9.07 Å². The molecule has 0 bridgehead atoms. The van der Waals surface area contributed by atoms with Crippen molar-refractivity contribution in [3.05, 3.63) is 83.6 Å². The lowest BCUT2D eigenvalue weighted by molar-refractivity contribution is -0.143. The Balaban J connectivity index is 1.47. The van der Waals surface area contributed by atoms with E-state index in [2.05, 4.69) is 15.6 Å². The number of fused-ring (bicyclic) bond motifs is 1. The Morgan fingerprint density at radius 2 is 1.97 bits per heavy atom. The smallest absolute Gasteiger partial charge is 0.250 e. The first-order valence-electron chi connectivity index (χ1n) is 12.3. The van der Waals surface area contributed by atoms with Crippen LogP contribution in [0.3, 0.4) is 0 Å². The van der Waals surface area contributed by atoms with E-state index in [4.69, 9.17) is 9.15 Å². The van der Waals surface area contributed by atoms with Crippen molar-refractivity contribution in [2.75, 3.05) is 13.2 Å². The highest BCUT2D eigenvalue weighted by atomic mass is 19.1. The minimum Gasteiger partial charge on any atom is -0.464 e. The predicted octanol–water partition coefficient (Wildman–Crippen LogP) is 3.54. The Morgan fingerprint density at radius 3 is 2.70 bits per heavy atom. The molecule has 3 heterocycles. The van der Waals surface area contributed by atoms with E-state index in [1.54, 1.807) is 31.2 Å². The standard InChI is InChI=1S/C27H28FN5O4/c1-18-8-13-24(37-18)26(27(35)29-15-21-5-4-14-36-21)32(16-19-9-11-20(28)12-10-19)25(34)17-33-23-7-3-2-6-22(23)30-31-33/h2-3,6-13,21,26H,4-5,14-17H2,1H3,(H,29,35)/t21-,26+/m0/s1. The van der Waals surface area contributed by atoms with Crippen LogP contribution in [0.25, 0.3) is 11.0 Å². The molecule has 192 valence electrons. The first kappa shape index (κ1) is 24.6. The molecular formula is C27H28FN5O4. The Bertz CT molecular complexity index is 1380. The molecule has 1 fully saturated rings. The summed E-state index contributed by atoms with van der Waals surface area (Å²) in [6, 6.07) is 15.6. The van der Waals surface area contributed by atoms with E-state index >= 15 is 0 Å². The molecule has 1 saturated heterocycles. The van der Waals surface area contributed by atoms with Crippen molar-refractivity contribution in [2.24, 2.45) is 0 Å². The molecule has 9 nitrogen and oxygen atoms in total. The van der Waals surface area contributed by atoms with Crippen molar-refractivity contribution in [3.8, 4) is 0 Å². The zero-order valence-electron chi connectivity index (χ0n) is 20.5. The van der Waals surface area contributed by atoms with E-state index in [1.807, 2.05) is 24.3 Å². The number of ether oxygens (including phenoxy) is 1. The highest BCUT2D eigenvalue weighted by molar-refractivity contribution is 5.88. The van der Waals surface area contributed by atoms with Gasteiger partial charge in [0, 0.05) is 19.7 Å². The first-order chi connectivity index (χ1) is 18.0. The number of rotatable bonds is 9. The number of amides is 2. The third-order valence-corrected chi connectivity index (χ3v) is 6.41. The maximum atomic E-state index is 13.8. The largest absolute Gasteiger partial charge is 0.464 e. The number of aryl methyl sites for hydroxylation is 1. The second kappa shape index (κ2) is 10.9. The van der Waals surface area contributed by atoms with Gasteiger partial charge in [-0.15, -0.1) is 5.10 Å². The molecule has 2 aromatic carbocycles.